The molecule has 0 amide bonds. The Balaban J connectivity index is 1.80. The molecule has 124 valence electrons. The molecule has 0 aromatic heterocycles. The molecule has 3 nitrogen and oxygen atoms in total. The number of ether oxygens (including phenoxy) is 1. The fourth-order valence-electron chi connectivity index (χ4n) is 2.27. The Hall–Kier alpha value is -1.23. The number of unbranched alkanes of at least 4 members (excludes halogenated alkanes) is 1. The Morgan fingerprint density at radius 2 is 2.04 bits per heavy atom. The van der Waals surface area contributed by atoms with E-state index in [9.17, 15) is 5.11 Å². The molecular weight excluding hydrogens is 378 g/mol. The summed E-state index contributed by atoms with van der Waals surface area (Å²) in [7, 11) is 0. The van der Waals surface area contributed by atoms with Gasteiger partial charge in [-0.1, -0.05) is 39.7 Å². The van der Waals surface area contributed by atoms with Crippen molar-refractivity contribution in [2.75, 3.05) is 11.9 Å². The van der Waals surface area contributed by atoms with Crippen LogP contribution in [0.1, 0.15) is 25.3 Å². The number of aliphatic hydroxyl groups excluding tert-OH is 1. The number of aryl methyl sites for hydroxylation is 1. The van der Waals surface area contributed by atoms with Gasteiger partial charge in [0.1, 0.15) is 12.0 Å². The van der Waals surface area contributed by atoms with E-state index < -0.39 is 6.23 Å². The number of aliphatic hydroxyl groups is 1. The summed E-state index contributed by atoms with van der Waals surface area (Å²) in [6, 6.07) is 13.7. The van der Waals surface area contributed by atoms with Crippen molar-refractivity contribution in [2.24, 2.45) is 0 Å². The SMILES string of the molecule is CC(O)Nc1cc(Br)ccc1OCCCCc1cccc(Cl)c1. The van der Waals surface area contributed by atoms with E-state index >= 15 is 0 Å². The van der Waals surface area contributed by atoms with Crippen LogP contribution in [0.3, 0.4) is 0 Å². The van der Waals surface area contributed by atoms with E-state index in [4.69, 9.17) is 16.3 Å². The number of halogens is 2. The molecule has 0 spiro atoms. The molecule has 0 heterocycles. The molecule has 0 bridgehead atoms. The maximum atomic E-state index is 9.49. The maximum Gasteiger partial charge on any atom is 0.142 e. The average molecular weight is 399 g/mol. The van der Waals surface area contributed by atoms with Gasteiger partial charge in [-0.15, -0.1) is 0 Å². The van der Waals surface area contributed by atoms with Gasteiger partial charge in [-0.25, -0.2) is 0 Å². The molecule has 0 radical (unpaired) electrons. The minimum absolute atomic E-state index is 0.630. The summed E-state index contributed by atoms with van der Waals surface area (Å²) < 4.78 is 6.77. The molecule has 0 fully saturated rings. The number of anilines is 1. The van der Waals surface area contributed by atoms with Gasteiger partial charge in [-0.05, 0) is 62.1 Å². The second-order valence-electron chi connectivity index (χ2n) is 5.40. The Bertz CT molecular complexity index is 634. The zero-order chi connectivity index (χ0) is 16.7. The van der Waals surface area contributed by atoms with Crippen LogP contribution in [0.2, 0.25) is 5.02 Å². The van der Waals surface area contributed by atoms with E-state index in [1.165, 1.54) is 5.56 Å². The van der Waals surface area contributed by atoms with Crippen molar-refractivity contribution in [3.8, 4) is 5.75 Å². The van der Waals surface area contributed by atoms with Crippen molar-refractivity contribution in [1.82, 2.24) is 0 Å². The monoisotopic (exact) mass is 397 g/mol. The van der Waals surface area contributed by atoms with Crippen molar-refractivity contribution in [3.05, 3.63) is 57.5 Å². The third-order valence-electron chi connectivity index (χ3n) is 3.31. The zero-order valence-electron chi connectivity index (χ0n) is 13.1. The summed E-state index contributed by atoms with van der Waals surface area (Å²) in [5.41, 5.74) is 2.03. The van der Waals surface area contributed by atoms with E-state index in [0.29, 0.717) is 6.61 Å². The highest BCUT2D eigenvalue weighted by Crippen LogP contribution is 2.29. The average Bonchev–Trinajstić information content (AvgIpc) is 2.48. The molecule has 0 aliphatic rings. The summed E-state index contributed by atoms with van der Waals surface area (Å²) in [5.74, 6) is 0.747. The highest BCUT2D eigenvalue weighted by Gasteiger charge is 2.06. The lowest BCUT2D eigenvalue weighted by molar-refractivity contribution is 0.223. The molecule has 0 aliphatic heterocycles. The molecule has 0 saturated carbocycles. The third kappa shape index (κ3) is 6.42. The van der Waals surface area contributed by atoms with Crippen LogP contribution < -0.4 is 10.1 Å². The number of nitrogens with one attached hydrogen (secondary N) is 1. The van der Waals surface area contributed by atoms with Gasteiger partial charge >= 0.3 is 0 Å². The number of benzene rings is 2. The Labute approximate surface area is 150 Å². The molecule has 1 unspecified atom stereocenters. The summed E-state index contributed by atoms with van der Waals surface area (Å²) in [5, 5.41) is 13.2. The Morgan fingerprint density at radius 1 is 1.22 bits per heavy atom. The van der Waals surface area contributed by atoms with Crippen molar-refractivity contribution >= 4 is 33.2 Å². The molecule has 2 N–H and O–H groups in total. The minimum Gasteiger partial charge on any atom is -0.491 e. The van der Waals surface area contributed by atoms with Crippen LogP contribution in [0, 0.1) is 0 Å². The number of hydrogen-bond donors (Lipinski definition) is 2. The molecular formula is C18H21BrClNO2. The lowest BCUT2D eigenvalue weighted by atomic mass is 10.1. The van der Waals surface area contributed by atoms with E-state index in [0.717, 1.165) is 40.2 Å². The molecule has 2 aromatic rings. The number of hydrogen-bond acceptors (Lipinski definition) is 3. The lowest BCUT2D eigenvalue weighted by Crippen LogP contribution is -2.14. The van der Waals surface area contributed by atoms with Crippen LogP contribution in [0.15, 0.2) is 46.9 Å². The molecule has 2 aromatic carbocycles. The standard InChI is InChI=1S/C18H21BrClNO2/c1-13(22)21-17-12-15(19)8-9-18(17)23-10-3-2-5-14-6-4-7-16(20)11-14/h4,6-9,11-13,21-22H,2-3,5,10H2,1H3. The minimum atomic E-state index is -0.630. The smallest absolute Gasteiger partial charge is 0.142 e. The molecule has 23 heavy (non-hydrogen) atoms. The van der Waals surface area contributed by atoms with Crippen molar-refractivity contribution < 1.29 is 9.84 Å². The van der Waals surface area contributed by atoms with Gasteiger partial charge in [0.15, 0.2) is 0 Å². The quantitative estimate of drug-likeness (QED) is 0.471. The van der Waals surface area contributed by atoms with Crippen LogP contribution in [-0.4, -0.2) is 17.9 Å². The van der Waals surface area contributed by atoms with Gasteiger partial charge in [0, 0.05) is 9.50 Å². The van der Waals surface area contributed by atoms with Crippen LogP contribution in [-0.2, 0) is 6.42 Å². The largest absolute Gasteiger partial charge is 0.491 e. The van der Waals surface area contributed by atoms with Gasteiger partial charge in [0.2, 0.25) is 0 Å². The first-order valence-electron chi connectivity index (χ1n) is 7.66. The van der Waals surface area contributed by atoms with Crippen LogP contribution in [0.25, 0.3) is 0 Å². The van der Waals surface area contributed by atoms with Gasteiger partial charge in [-0.3, -0.25) is 0 Å². The molecule has 1 atom stereocenters. The predicted molar refractivity (Wildman–Crippen MR) is 99.3 cm³/mol. The second-order valence-corrected chi connectivity index (χ2v) is 6.75. The predicted octanol–water partition coefficient (Wildman–Crippen LogP) is 5.25. The van der Waals surface area contributed by atoms with Crippen molar-refractivity contribution in [2.45, 2.75) is 32.4 Å². The van der Waals surface area contributed by atoms with Crippen LogP contribution in [0.4, 0.5) is 5.69 Å². The van der Waals surface area contributed by atoms with E-state index in [1.54, 1.807) is 6.92 Å². The summed E-state index contributed by atoms with van der Waals surface area (Å²) in [6.07, 6.45) is 2.35. The molecule has 5 heteroatoms. The Morgan fingerprint density at radius 3 is 2.78 bits per heavy atom. The third-order valence-corrected chi connectivity index (χ3v) is 4.04. The topological polar surface area (TPSA) is 41.5 Å². The van der Waals surface area contributed by atoms with Gasteiger partial charge in [0.25, 0.3) is 0 Å². The normalized spacial score (nSPS) is 12.0. The fraction of sp³-hybridized carbons (Fsp3) is 0.333. The van der Waals surface area contributed by atoms with Gasteiger partial charge in [-0.2, -0.15) is 0 Å². The first kappa shape index (κ1) is 18.1. The molecule has 2 rings (SSSR count). The van der Waals surface area contributed by atoms with Gasteiger partial charge in [0.05, 0.1) is 12.3 Å². The van der Waals surface area contributed by atoms with Crippen molar-refractivity contribution in [3.63, 3.8) is 0 Å². The maximum absolute atomic E-state index is 9.49. The van der Waals surface area contributed by atoms with Gasteiger partial charge < -0.3 is 15.2 Å². The first-order chi connectivity index (χ1) is 11.0. The van der Waals surface area contributed by atoms with E-state index in [-0.39, 0.29) is 0 Å². The summed E-state index contributed by atoms with van der Waals surface area (Å²) >= 11 is 9.40. The van der Waals surface area contributed by atoms with E-state index in [1.807, 2.05) is 36.4 Å². The van der Waals surface area contributed by atoms with E-state index in [2.05, 4.69) is 27.3 Å². The Kier molecular flexibility index (Phi) is 7.21. The second kappa shape index (κ2) is 9.16. The summed E-state index contributed by atoms with van der Waals surface area (Å²) in [6.45, 7) is 2.31. The van der Waals surface area contributed by atoms with Crippen LogP contribution in [0.5, 0.6) is 5.75 Å². The van der Waals surface area contributed by atoms with Crippen LogP contribution >= 0.6 is 27.5 Å². The lowest BCUT2D eigenvalue weighted by Gasteiger charge is -2.15. The molecule has 0 saturated heterocycles. The molecule has 0 aliphatic carbocycles. The van der Waals surface area contributed by atoms with Crippen molar-refractivity contribution in [1.29, 1.82) is 0 Å². The summed E-state index contributed by atoms with van der Waals surface area (Å²) in [4.78, 5) is 0. The number of rotatable bonds is 8. The first-order valence-corrected chi connectivity index (χ1v) is 8.83. The fourth-order valence-corrected chi connectivity index (χ4v) is 2.85. The highest BCUT2D eigenvalue weighted by molar-refractivity contribution is 9.10. The zero-order valence-corrected chi connectivity index (χ0v) is 15.4. The highest BCUT2D eigenvalue weighted by atomic mass is 79.9.